The molecule has 0 spiro atoms. The van der Waals surface area contributed by atoms with Gasteiger partial charge in [0.15, 0.2) is 12.4 Å². The summed E-state index contributed by atoms with van der Waals surface area (Å²) in [7, 11) is -3.55. The highest BCUT2D eigenvalue weighted by Crippen LogP contribution is 2.37. The molecule has 12 nitrogen and oxygen atoms in total. The number of carbonyl (C=O) groups is 1. The Hall–Kier alpha value is -3.72. The average Bonchev–Trinajstić information content (AvgIpc) is 3.37. The van der Waals surface area contributed by atoms with Crippen molar-refractivity contribution in [2.45, 2.75) is 39.7 Å². The quantitative estimate of drug-likeness (QED) is 0.360. The average molecular weight is 561 g/mol. The van der Waals surface area contributed by atoms with Gasteiger partial charge in [0, 0.05) is 19.2 Å². The maximum absolute atomic E-state index is 15.2. The van der Waals surface area contributed by atoms with E-state index in [1.54, 1.807) is 17.6 Å². The summed E-state index contributed by atoms with van der Waals surface area (Å²) in [5, 5.41) is 5.33. The molecule has 1 amide bonds. The Morgan fingerprint density at radius 1 is 1.26 bits per heavy atom. The highest BCUT2D eigenvalue weighted by atomic mass is 32.2. The number of ether oxygens (including phenoxy) is 1. The zero-order chi connectivity index (χ0) is 27.2. The third kappa shape index (κ3) is 5.03. The van der Waals surface area contributed by atoms with Crippen molar-refractivity contribution in [2.75, 3.05) is 24.1 Å². The van der Waals surface area contributed by atoms with E-state index in [0.29, 0.717) is 34.8 Å². The van der Waals surface area contributed by atoms with E-state index in [-0.39, 0.29) is 30.5 Å². The third-order valence-corrected chi connectivity index (χ3v) is 7.33. The first-order valence-corrected chi connectivity index (χ1v) is 14.5. The molecule has 0 saturated heterocycles. The van der Waals surface area contributed by atoms with Crippen LogP contribution in [0.1, 0.15) is 46.3 Å². The first-order valence-electron chi connectivity index (χ1n) is 11.8. The van der Waals surface area contributed by atoms with E-state index >= 15 is 4.39 Å². The van der Waals surface area contributed by atoms with E-state index in [4.69, 9.17) is 4.74 Å². The Labute approximate surface area is 222 Å². The smallest absolute Gasteiger partial charge is 0.261 e. The number of fused-ring (bicyclic) bond motifs is 3. The van der Waals surface area contributed by atoms with Gasteiger partial charge in [-0.1, -0.05) is 18.3 Å². The highest BCUT2D eigenvalue weighted by Gasteiger charge is 2.39. The second kappa shape index (κ2) is 9.87. The summed E-state index contributed by atoms with van der Waals surface area (Å²) in [6, 6.07) is 0.534. The number of pyridine rings is 1. The monoisotopic (exact) mass is 560 g/mol. The van der Waals surface area contributed by atoms with Gasteiger partial charge in [-0.05, 0) is 31.9 Å². The van der Waals surface area contributed by atoms with Crippen LogP contribution in [0, 0.1) is 19.7 Å². The molecule has 0 aliphatic carbocycles. The van der Waals surface area contributed by atoms with Crippen molar-refractivity contribution in [1.82, 2.24) is 34.4 Å². The highest BCUT2D eigenvalue weighted by molar-refractivity contribution is 7.91. The molecule has 5 rings (SSSR count). The Balaban J connectivity index is 1.46. The van der Waals surface area contributed by atoms with Crippen LogP contribution in [0.2, 0.25) is 0 Å². The topological polar surface area (TPSA) is 145 Å². The molecule has 1 atom stereocenters. The summed E-state index contributed by atoms with van der Waals surface area (Å²) < 4.78 is 47.9. The molecule has 0 bridgehead atoms. The van der Waals surface area contributed by atoms with Crippen molar-refractivity contribution < 1.29 is 22.3 Å². The Morgan fingerprint density at radius 2 is 2.05 bits per heavy atom. The van der Waals surface area contributed by atoms with Gasteiger partial charge in [-0.2, -0.15) is 5.10 Å². The molecule has 1 N–H and O–H groups in total. The minimum Gasteiger partial charge on any atom is -0.480 e. The maximum atomic E-state index is 15.2. The summed E-state index contributed by atoms with van der Waals surface area (Å²) in [5.41, 5.74) is 2.54. The summed E-state index contributed by atoms with van der Waals surface area (Å²) in [5.74, 6) is -0.768. The number of aryl methyl sites for hydroxylation is 3. The zero-order valence-electron chi connectivity index (χ0n) is 21.1. The van der Waals surface area contributed by atoms with Crippen molar-refractivity contribution in [3.8, 4) is 5.75 Å². The molecule has 4 aromatic rings. The third-order valence-electron chi connectivity index (χ3n) is 5.95. The minimum atomic E-state index is -3.55. The van der Waals surface area contributed by atoms with E-state index < -0.39 is 27.8 Å². The van der Waals surface area contributed by atoms with Crippen molar-refractivity contribution in [2.24, 2.45) is 0 Å². The SMILES string of the molecule is CCc1nc(NS(C)(=O)=O)ncc1OCC(=O)N1CCc2nc3sc(C)nn3c2[C@H]1c1ncc(C)cc1F. The van der Waals surface area contributed by atoms with Crippen molar-refractivity contribution in [1.29, 1.82) is 0 Å². The lowest BCUT2D eigenvalue weighted by Gasteiger charge is -2.35. The molecule has 1 aliphatic rings. The Kier molecular flexibility index (Phi) is 6.73. The first kappa shape index (κ1) is 25.9. The molecule has 4 aromatic heterocycles. The number of amides is 1. The lowest BCUT2D eigenvalue weighted by Crippen LogP contribution is -2.44. The molecule has 0 unspecified atom stereocenters. The van der Waals surface area contributed by atoms with Gasteiger partial charge in [0.1, 0.15) is 22.6 Å². The fourth-order valence-corrected chi connectivity index (χ4v) is 5.57. The molecule has 0 saturated carbocycles. The van der Waals surface area contributed by atoms with Gasteiger partial charge in [-0.3, -0.25) is 14.5 Å². The number of aromatic nitrogens is 6. The van der Waals surface area contributed by atoms with Crippen LogP contribution in [0.25, 0.3) is 4.96 Å². The number of halogens is 1. The van der Waals surface area contributed by atoms with Crippen LogP contribution in [0.15, 0.2) is 18.5 Å². The Morgan fingerprint density at radius 3 is 2.76 bits per heavy atom. The molecule has 0 radical (unpaired) electrons. The second-order valence-electron chi connectivity index (χ2n) is 8.90. The van der Waals surface area contributed by atoms with E-state index in [2.05, 4.69) is 29.8 Å². The first-order chi connectivity index (χ1) is 18.0. The number of hydrogen-bond donors (Lipinski definition) is 1. The number of rotatable bonds is 7. The van der Waals surface area contributed by atoms with Crippen LogP contribution in [-0.2, 0) is 27.7 Å². The number of nitrogens with one attached hydrogen (secondary N) is 1. The summed E-state index contributed by atoms with van der Waals surface area (Å²) >= 11 is 1.42. The maximum Gasteiger partial charge on any atom is 0.261 e. The van der Waals surface area contributed by atoms with Crippen LogP contribution < -0.4 is 9.46 Å². The predicted octanol–water partition coefficient (Wildman–Crippen LogP) is 2.22. The van der Waals surface area contributed by atoms with Crippen LogP contribution in [-0.4, -0.2) is 68.2 Å². The molecule has 5 heterocycles. The van der Waals surface area contributed by atoms with Crippen LogP contribution in [0.5, 0.6) is 5.75 Å². The fraction of sp³-hybridized carbons (Fsp3) is 0.391. The summed E-state index contributed by atoms with van der Waals surface area (Å²) in [4.78, 5) is 32.9. The summed E-state index contributed by atoms with van der Waals surface area (Å²) in [6.07, 6.45) is 4.76. The van der Waals surface area contributed by atoms with Gasteiger partial charge in [0.25, 0.3) is 5.91 Å². The van der Waals surface area contributed by atoms with E-state index in [1.807, 2.05) is 13.8 Å². The normalized spacial score (nSPS) is 15.5. The molecular formula is C23H25FN8O4S2. The minimum absolute atomic E-state index is 0.0872. The van der Waals surface area contributed by atoms with E-state index in [9.17, 15) is 13.2 Å². The molecular weight excluding hydrogens is 535 g/mol. The summed E-state index contributed by atoms with van der Waals surface area (Å²) in [6.45, 7) is 5.33. The van der Waals surface area contributed by atoms with Gasteiger partial charge >= 0.3 is 0 Å². The lowest BCUT2D eigenvalue weighted by molar-refractivity contribution is -0.135. The number of carbonyl (C=O) groups excluding carboxylic acids is 1. The van der Waals surface area contributed by atoms with Gasteiger partial charge in [0.2, 0.25) is 20.9 Å². The predicted molar refractivity (Wildman–Crippen MR) is 137 cm³/mol. The second-order valence-corrected chi connectivity index (χ2v) is 11.8. The van der Waals surface area contributed by atoms with Crippen LogP contribution in [0.3, 0.4) is 0 Å². The van der Waals surface area contributed by atoms with Gasteiger partial charge in [-0.15, -0.1) is 0 Å². The van der Waals surface area contributed by atoms with Crippen molar-refractivity contribution in [3.05, 3.63) is 57.6 Å². The van der Waals surface area contributed by atoms with Crippen molar-refractivity contribution >= 4 is 38.2 Å². The fourth-order valence-electron chi connectivity index (χ4n) is 4.37. The van der Waals surface area contributed by atoms with Gasteiger partial charge < -0.3 is 9.64 Å². The standard InChI is InChI=1S/C23H25FN8O4S2/c1-5-15-17(10-26-22(27-15)30-38(4,34)35)36-11-18(33)31-7-6-16-20(32-23(28-16)37-13(3)29-32)21(31)19-14(24)8-12(2)9-25-19/h8-10,21H,5-7,11H2,1-4H3,(H,26,27,30)/t21-/m1/s1. The zero-order valence-corrected chi connectivity index (χ0v) is 22.7. The number of imidazole rings is 1. The van der Waals surface area contributed by atoms with Crippen molar-refractivity contribution in [3.63, 3.8) is 0 Å². The molecule has 0 fully saturated rings. The van der Waals surface area contributed by atoms with E-state index in [1.165, 1.54) is 28.5 Å². The number of hydrogen-bond acceptors (Lipinski definition) is 10. The number of anilines is 1. The van der Waals surface area contributed by atoms with Crippen LogP contribution >= 0.6 is 11.3 Å². The molecule has 1 aliphatic heterocycles. The van der Waals surface area contributed by atoms with Gasteiger partial charge in [0.05, 0.1) is 29.5 Å². The van der Waals surface area contributed by atoms with E-state index in [0.717, 1.165) is 17.0 Å². The van der Waals surface area contributed by atoms with Gasteiger partial charge in [-0.25, -0.2) is 32.3 Å². The molecule has 0 aromatic carbocycles. The number of nitrogens with zero attached hydrogens (tertiary/aromatic N) is 7. The molecule has 200 valence electrons. The largest absolute Gasteiger partial charge is 0.480 e. The lowest BCUT2D eigenvalue weighted by atomic mass is 9.98. The number of sulfonamides is 1. The van der Waals surface area contributed by atoms with Crippen LogP contribution in [0.4, 0.5) is 10.3 Å². The Bertz CT molecular complexity index is 1650. The molecule has 15 heteroatoms. The molecule has 38 heavy (non-hydrogen) atoms.